The number of cyclic esters (lactones) is 1. The first-order valence-corrected chi connectivity index (χ1v) is 18.8. The number of amides is 1. The van der Waals surface area contributed by atoms with E-state index in [0.717, 1.165) is 5.75 Å². The second kappa shape index (κ2) is 27.5. The van der Waals surface area contributed by atoms with Crippen LogP contribution in [0, 0.1) is 6.58 Å². The zero-order valence-corrected chi connectivity index (χ0v) is 35.9. The Labute approximate surface area is 372 Å². The smallest absolute Gasteiger partial charge is 0.356 e. The third kappa shape index (κ3) is 17.9. The number of allylic oxidation sites excluding steroid dienone is 1. The van der Waals surface area contributed by atoms with E-state index in [9.17, 15) is 33.9 Å². The molecular formula is C44H48N5O16+. The van der Waals surface area contributed by atoms with Crippen molar-refractivity contribution in [1.82, 2.24) is 0 Å². The number of nitrogens with zero attached hydrogens (tertiary/aromatic N) is 2. The van der Waals surface area contributed by atoms with Crippen molar-refractivity contribution >= 4 is 58.5 Å². The number of nitrogens with two attached hydrogens (primary N) is 2. The highest BCUT2D eigenvalue weighted by molar-refractivity contribution is 6.04. The van der Waals surface area contributed by atoms with E-state index in [1.165, 1.54) is 71.8 Å². The first-order valence-electron chi connectivity index (χ1n) is 18.8. The molecule has 4 aromatic carbocycles. The highest BCUT2D eigenvalue weighted by Crippen LogP contribution is 2.25. The van der Waals surface area contributed by atoms with Gasteiger partial charge in [-0.3, -0.25) is 9.59 Å². The standard InChI is InChI=1S/C22H23N3O8.C10H11NO4.C8H11NO2.C4H3O2/c1-13(27)19(20(28)23-15-5-7-16(8-6-15)33-11-10-26)25-24-18-12-14(21(29)31-2)4-9-17(18)22(30)32-3;1-14-9(12)6-3-4-7(8(11)5-6)10(13)15-2;9-7-1-3-8(4-2-7)11-6-5-10;1-3-2-4(5)6-3/h4-9,12,26-27H,10-11H2,1-3H3,(H,23,28);3-5H,11H2,1-2H3;1-4,10H,5-6,9H2;1H,2H2/q;;;+1. The number of aliphatic hydroxyl groups is 3. The van der Waals surface area contributed by atoms with Crippen LogP contribution in [0.3, 0.4) is 0 Å². The van der Waals surface area contributed by atoms with Crippen LogP contribution in [-0.2, 0) is 33.3 Å². The largest absolute Gasteiger partial charge is 0.510 e. The second-order valence-corrected chi connectivity index (χ2v) is 12.4. The number of nitrogens with one attached hydrogen (secondary N) is 1. The van der Waals surface area contributed by atoms with Gasteiger partial charge in [0.25, 0.3) is 12.5 Å². The van der Waals surface area contributed by atoms with Crippen molar-refractivity contribution in [3.8, 4) is 11.5 Å². The van der Waals surface area contributed by atoms with Crippen LogP contribution in [0.2, 0.25) is 0 Å². The molecule has 0 spiro atoms. The van der Waals surface area contributed by atoms with Crippen LogP contribution in [0.25, 0.3) is 0 Å². The molecule has 0 bridgehead atoms. The molecule has 1 saturated heterocycles. The lowest BCUT2D eigenvalue weighted by Gasteiger charge is -2.08. The Kier molecular flexibility index (Phi) is 22.3. The number of ether oxygens (including phenoxy) is 7. The average Bonchev–Trinajstić information content (AvgIpc) is 3.30. The zero-order chi connectivity index (χ0) is 48.5. The van der Waals surface area contributed by atoms with Gasteiger partial charge in [0.2, 0.25) is 0 Å². The Balaban J connectivity index is 0.000000367. The van der Waals surface area contributed by atoms with E-state index in [1.54, 1.807) is 48.5 Å². The maximum atomic E-state index is 12.6. The molecule has 5 rings (SSSR count). The van der Waals surface area contributed by atoms with Crippen LogP contribution in [0.15, 0.2) is 112 Å². The minimum atomic E-state index is -0.772. The van der Waals surface area contributed by atoms with Crippen LogP contribution in [0.5, 0.6) is 11.5 Å². The Morgan fingerprint density at radius 2 is 1.17 bits per heavy atom. The fourth-order valence-corrected chi connectivity index (χ4v) is 4.63. The fraction of sp³-hybridized carbons (Fsp3) is 0.227. The summed E-state index contributed by atoms with van der Waals surface area (Å²) in [6.07, 6.45) is 0.306. The summed E-state index contributed by atoms with van der Waals surface area (Å²) < 4.78 is 32.9. The van der Waals surface area contributed by atoms with Crippen LogP contribution < -0.4 is 26.3 Å². The fourth-order valence-electron chi connectivity index (χ4n) is 4.63. The van der Waals surface area contributed by atoms with E-state index in [1.807, 2.05) is 0 Å². The third-order valence-corrected chi connectivity index (χ3v) is 7.79. The molecule has 0 atom stereocenters. The van der Waals surface area contributed by atoms with E-state index in [-0.39, 0.29) is 53.9 Å². The topological polar surface area (TPSA) is 317 Å². The van der Waals surface area contributed by atoms with Crippen molar-refractivity contribution in [1.29, 1.82) is 0 Å². The Hall–Kier alpha value is -8.39. The van der Waals surface area contributed by atoms with Gasteiger partial charge in [0.1, 0.15) is 36.2 Å². The number of azo groups is 1. The lowest BCUT2D eigenvalue weighted by molar-refractivity contribution is -0.148. The van der Waals surface area contributed by atoms with Crippen LogP contribution >= 0.6 is 0 Å². The maximum Gasteiger partial charge on any atom is 0.356 e. The molecule has 0 aliphatic carbocycles. The molecule has 344 valence electrons. The van der Waals surface area contributed by atoms with Gasteiger partial charge in [0.05, 0.1) is 63.9 Å². The molecule has 0 radical (unpaired) electrons. The van der Waals surface area contributed by atoms with Crippen LogP contribution in [0.4, 0.5) is 22.7 Å². The predicted octanol–water partition coefficient (Wildman–Crippen LogP) is 4.87. The molecule has 8 N–H and O–H groups in total. The van der Waals surface area contributed by atoms with Crippen molar-refractivity contribution in [2.45, 2.75) is 13.3 Å². The number of methoxy groups -OCH3 is 4. The van der Waals surface area contributed by atoms with Crippen LogP contribution in [0.1, 0.15) is 54.8 Å². The summed E-state index contributed by atoms with van der Waals surface area (Å²) in [4.78, 5) is 68.5. The van der Waals surface area contributed by atoms with Gasteiger partial charge in [-0.15, -0.1) is 10.2 Å². The summed E-state index contributed by atoms with van der Waals surface area (Å²) in [5.41, 5.74) is 12.4. The first kappa shape index (κ1) is 52.7. The van der Waals surface area contributed by atoms with Gasteiger partial charge in [-0.05, 0) is 91.9 Å². The average molecular weight is 903 g/mol. The third-order valence-electron chi connectivity index (χ3n) is 7.79. The molecule has 1 heterocycles. The molecule has 0 saturated carbocycles. The molecule has 21 nitrogen and oxygen atoms in total. The molecule has 1 amide bonds. The Morgan fingerprint density at radius 3 is 1.58 bits per heavy atom. The molecule has 1 fully saturated rings. The molecule has 4 aromatic rings. The van der Waals surface area contributed by atoms with Gasteiger partial charge in [0, 0.05) is 17.1 Å². The van der Waals surface area contributed by atoms with Crippen molar-refractivity contribution in [3.63, 3.8) is 0 Å². The highest BCUT2D eigenvalue weighted by atomic mass is 16.6. The van der Waals surface area contributed by atoms with Gasteiger partial charge in [-0.1, -0.05) is 0 Å². The quantitative estimate of drug-likeness (QED) is 0.0187. The number of rotatable bonds is 14. The number of esters is 5. The number of anilines is 3. The number of carbonyl (C=O) groups excluding carboxylic acids is 6. The lowest BCUT2D eigenvalue weighted by Crippen LogP contribution is -2.15. The molecular weight excluding hydrogens is 855 g/mol. The minimum absolute atomic E-state index is 0.0114. The molecule has 0 unspecified atom stereocenters. The molecule has 65 heavy (non-hydrogen) atoms. The summed E-state index contributed by atoms with van der Waals surface area (Å²) >= 11 is 0. The van der Waals surface area contributed by atoms with Gasteiger partial charge < -0.3 is 65.3 Å². The number of nitrogen functional groups attached to an aromatic ring is 2. The molecule has 1 aliphatic heterocycles. The summed E-state index contributed by atoms with van der Waals surface area (Å²) in [6, 6.07) is 21.5. The predicted molar refractivity (Wildman–Crippen MR) is 232 cm³/mol. The number of aliphatic hydroxyl groups excluding tert-OH is 3. The van der Waals surface area contributed by atoms with Crippen molar-refractivity contribution < 1.29 is 77.2 Å². The highest BCUT2D eigenvalue weighted by Gasteiger charge is 2.27. The second-order valence-electron chi connectivity index (χ2n) is 12.4. The zero-order valence-electron chi connectivity index (χ0n) is 35.9. The van der Waals surface area contributed by atoms with Crippen LogP contribution in [-0.4, -0.2) is 106 Å². The van der Waals surface area contributed by atoms with Gasteiger partial charge in [-0.2, -0.15) is 0 Å². The van der Waals surface area contributed by atoms with Gasteiger partial charge >= 0.3 is 35.6 Å². The number of carbonyl (C=O) groups is 6. The lowest BCUT2D eigenvalue weighted by atomic mass is 10.1. The Bertz CT molecular complexity index is 2320. The maximum absolute atomic E-state index is 12.6. The molecule has 0 aromatic heterocycles. The van der Waals surface area contributed by atoms with Gasteiger partial charge in [0.15, 0.2) is 12.1 Å². The van der Waals surface area contributed by atoms with E-state index in [2.05, 4.69) is 34.5 Å². The van der Waals surface area contributed by atoms with E-state index in [0.29, 0.717) is 41.5 Å². The normalized spacial score (nSPS) is 11.4. The monoisotopic (exact) mass is 902 g/mol. The molecule has 1 aliphatic rings. The number of benzene rings is 4. The van der Waals surface area contributed by atoms with E-state index >= 15 is 0 Å². The van der Waals surface area contributed by atoms with E-state index in [4.69, 9.17) is 42.5 Å². The first-order chi connectivity index (χ1) is 31.0. The van der Waals surface area contributed by atoms with Gasteiger partial charge in [-0.25, -0.2) is 19.2 Å². The summed E-state index contributed by atoms with van der Waals surface area (Å²) in [5, 5.41) is 37.4. The summed E-state index contributed by atoms with van der Waals surface area (Å²) in [5.74, 6) is -2.31. The molecule has 21 heteroatoms. The summed E-state index contributed by atoms with van der Waals surface area (Å²) in [7, 11) is 4.90. The van der Waals surface area contributed by atoms with E-state index < -0.39 is 41.2 Å². The number of hydrogen-bond donors (Lipinski definition) is 6. The van der Waals surface area contributed by atoms with Crippen molar-refractivity contribution in [3.05, 3.63) is 131 Å². The minimum Gasteiger partial charge on any atom is -0.510 e. The van der Waals surface area contributed by atoms with Crippen molar-refractivity contribution in [2.24, 2.45) is 10.2 Å². The SMILES string of the molecule is COC(=O)c1ccc(C(=O)OC)c(N)c1.COC(=O)c1ccc(C(=O)OC)c(N=NC(C(=O)Nc2ccc(OCCO)cc2)=C(C)O)c1.Nc1ccc(OCCO)cc1.[CH+]=C1CC(=O)O1. The Morgan fingerprint density at radius 1 is 0.708 bits per heavy atom. The van der Waals surface area contributed by atoms with Crippen molar-refractivity contribution in [2.75, 3.05) is 71.7 Å². The number of hydrogen-bond acceptors (Lipinski definition) is 20. The summed E-state index contributed by atoms with van der Waals surface area (Å²) in [6.45, 7) is 6.54.